The van der Waals surface area contributed by atoms with Gasteiger partial charge in [-0.2, -0.15) is 0 Å². The van der Waals surface area contributed by atoms with E-state index in [1.807, 2.05) is 0 Å². The summed E-state index contributed by atoms with van der Waals surface area (Å²) < 4.78 is 9.77. The molecule has 1 atom stereocenters. The molecule has 6 heteroatoms. The van der Waals surface area contributed by atoms with Crippen LogP contribution in [0.1, 0.15) is 32.8 Å². The number of ether oxygens (including phenoxy) is 2. The number of pyridine rings is 1. The van der Waals surface area contributed by atoms with Gasteiger partial charge >= 0.3 is 12.1 Å². The van der Waals surface area contributed by atoms with Gasteiger partial charge in [-0.25, -0.2) is 9.59 Å². The van der Waals surface area contributed by atoms with Crippen molar-refractivity contribution in [3.05, 3.63) is 30.1 Å². The molecule has 0 saturated heterocycles. The molecule has 1 rings (SSSR count). The Labute approximate surface area is 130 Å². The second-order valence-corrected chi connectivity index (χ2v) is 5.47. The van der Waals surface area contributed by atoms with Crippen LogP contribution >= 0.6 is 0 Å². The SMILES string of the molecule is COC(=O)C(CC#Cc1cccnc1)NC(=O)OC(C)(C)C. The number of amides is 1. The molecule has 1 amide bonds. The van der Waals surface area contributed by atoms with Crippen molar-refractivity contribution in [2.45, 2.75) is 38.8 Å². The Bertz CT molecular complexity index is 567. The molecule has 0 bridgehead atoms. The van der Waals surface area contributed by atoms with E-state index in [0.717, 1.165) is 5.56 Å². The first-order chi connectivity index (χ1) is 10.3. The third-order valence-electron chi connectivity index (χ3n) is 2.38. The van der Waals surface area contributed by atoms with Crippen LogP contribution in [0.15, 0.2) is 24.5 Å². The zero-order chi connectivity index (χ0) is 16.6. The normalized spacial score (nSPS) is 11.6. The highest BCUT2D eigenvalue weighted by atomic mass is 16.6. The molecule has 0 radical (unpaired) electrons. The van der Waals surface area contributed by atoms with Crippen molar-refractivity contribution < 1.29 is 19.1 Å². The van der Waals surface area contributed by atoms with E-state index >= 15 is 0 Å². The number of rotatable bonds is 3. The monoisotopic (exact) mass is 304 g/mol. The van der Waals surface area contributed by atoms with Gasteiger partial charge in [0, 0.05) is 24.4 Å². The minimum absolute atomic E-state index is 0.112. The van der Waals surface area contributed by atoms with Crippen LogP contribution in [0, 0.1) is 11.8 Å². The minimum atomic E-state index is -0.885. The summed E-state index contributed by atoms with van der Waals surface area (Å²) >= 11 is 0. The molecule has 0 aliphatic carbocycles. The van der Waals surface area contributed by atoms with E-state index in [1.54, 1.807) is 45.3 Å². The molecule has 6 nitrogen and oxygen atoms in total. The smallest absolute Gasteiger partial charge is 0.408 e. The maximum absolute atomic E-state index is 11.7. The average molecular weight is 304 g/mol. The Hall–Kier alpha value is -2.55. The summed E-state index contributed by atoms with van der Waals surface area (Å²) in [6.45, 7) is 5.21. The van der Waals surface area contributed by atoms with Crippen LogP contribution in [-0.4, -0.2) is 35.8 Å². The van der Waals surface area contributed by atoms with Gasteiger partial charge < -0.3 is 14.8 Å². The predicted octanol–water partition coefficient (Wildman–Crippen LogP) is 1.89. The van der Waals surface area contributed by atoms with Crippen LogP contribution < -0.4 is 5.32 Å². The van der Waals surface area contributed by atoms with E-state index in [4.69, 9.17) is 4.74 Å². The van der Waals surface area contributed by atoms with Gasteiger partial charge in [0.05, 0.1) is 7.11 Å². The highest BCUT2D eigenvalue weighted by molar-refractivity contribution is 5.81. The molecule has 0 aromatic carbocycles. The van der Waals surface area contributed by atoms with E-state index in [-0.39, 0.29) is 6.42 Å². The number of hydrogen-bond donors (Lipinski definition) is 1. The highest BCUT2D eigenvalue weighted by Gasteiger charge is 2.24. The third-order valence-corrected chi connectivity index (χ3v) is 2.38. The summed E-state index contributed by atoms with van der Waals surface area (Å²) in [6.07, 6.45) is 2.68. The number of nitrogens with zero attached hydrogens (tertiary/aromatic N) is 1. The fourth-order valence-corrected chi connectivity index (χ4v) is 1.48. The van der Waals surface area contributed by atoms with Gasteiger partial charge in [0.15, 0.2) is 0 Å². The van der Waals surface area contributed by atoms with Crippen molar-refractivity contribution in [1.29, 1.82) is 0 Å². The lowest BCUT2D eigenvalue weighted by Gasteiger charge is -2.21. The molecule has 0 saturated carbocycles. The standard InChI is InChI=1S/C16H20N2O4/c1-16(2,3)22-15(20)18-13(14(19)21-4)9-5-7-12-8-6-10-17-11-12/h6,8,10-11,13H,9H2,1-4H3,(H,18,20). The Morgan fingerprint density at radius 2 is 2.14 bits per heavy atom. The highest BCUT2D eigenvalue weighted by Crippen LogP contribution is 2.07. The predicted molar refractivity (Wildman–Crippen MR) is 80.9 cm³/mol. The van der Waals surface area contributed by atoms with Crippen LogP contribution in [0.5, 0.6) is 0 Å². The number of carbonyl (C=O) groups excluding carboxylic acids is 2. The molecule has 1 aromatic heterocycles. The summed E-state index contributed by atoms with van der Waals surface area (Å²) in [5.41, 5.74) is 0.0787. The van der Waals surface area contributed by atoms with Gasteiger partial charge in [-0.1, -0.05) is 11.8 Å². The second-order valence-electron chi connectivity index (χ2n) is 5.47. The van der Waals surface area contributed by atoms with E-state index in [2.05, 4.69) is 26.9 Å². The third kappa shape index (κ3) is 6.75. The number of nitrogens with one attached hydrogen (secondary N) is 1. The zero-order valence-corrected chi connectivity index (χ0v) is 13.2. The van der Waals surface area contributed by atoms with Gasteiger partial charge in [-0.3, -0.25) is 4.98 Å². The lowest BCUT2D eigenvalue weighted by atomic mass is 10.2. The summed E-state index contributed by atoms with van der Waals surface area (Å²) in [4.78, 5) is 27.3. The molecule has 0 aliphatic heterocycles. The summed E-state index contributed by atoms with van der Waals surface area (Å²) in [5.74, 6) is 5.11. The van der Waals surface area contributed by atoms with E-state index in [9.17, 15) is 9.59 Å². The number of esters is 1. The molecular formula is C16H20N2O4. The Balaban J connectivity index is 2.68. The maximum atomic E-state index is 11.7. The van der Waals surface area contributed by atoms with Crippen LogP contribution in [0.25, 0.3) is 0 Å². The molecule has 22 heavy (non-hydrogen) atoms. The number of hydrogen-bond acceptors (Lipinski definition) is 5. The maximum Gasteiger partial charge on any atom is 0.408 e. The number of methoxy groups -OCH3 is 1. The molecule has 1 aromatic rings. The fraction of sp³-hybridized carbons (Fsp3) is 0.438. The summed E-state index contributed by atoms with van der Waals surface area (Å²) in [7, 11) is 1.25. The molecule has 0 aliphatic rings. The van der Waals surface area contributed by atoms with Crippen molar-refractivity contribution >= 4 is 12.1 Å². The minimum Gasteiger partial charge on any atom is -0.467 e. The quantitative estimate of drug-likeness (QED) is 0.681. The van der Waals surface area contributed by atoms with E-state index in [0.29, 0.717) is 0 Å². The van der Waals surface area contributed by atoms with E-state index < -0.39 is 23.7 Å². The Kier molecular flexibility index (Phi) is 6.39. The van der Waals surface area contributed by atoms with Crippen LogP contribution in [0.4, 0.5) is 4.79 Å². The Morgan fingerprint density at radius 1 is 1.41 bits per heavy atom. The van der Waals surface area contributed by atoms with Crippen molar-refractivity contribution in [1.82, 2.24) is 10.3 Å². The van der Waals surface area contributed by atoms with Gasteiger partial charge in [0.25, 0.3) is 0 Å². The molecule has 0 fully saturated rings. The second kappa shape index (κ2) is 8.03. The van der Waals surface area contributed by atoms with Crippen molar-refractivity contribution in [2.24, 2.45) is 0 Å². The average Bonchev–Trinajstić information content (AvgIpc) is 2.44. The van der Waals surface area contributed by atoms with E-state index in [1.165, 1.54) is 7.11 Å². The Morgan fingerprint density at radius 3 is 2.68 bits per heavy atom. The van der Waals surface area contributed by atoms with Gasteiger partial charge in [-0.15, -0.1) is 0 Å². The van der Waals surface area contributed by atoms with Gasteiger partial charge in [0.2, 0.25) is 0 Å². The summed E-state index contributed by atoms with van der Waals surface area (Å²) in [6, 6.07) is 2.68. The zero-order valence-electron chi connectivity index (χ0n) is 13.2. The van der Waals surface area contributed by atoms with Crippen molar-refractivity contribution in [2.75, 3.05) is 7.11 Å². The first-order valence-electron chi connectivity index (χ1n) is 6.78. The van der Waals surface area contributed by atoms with Crippen LogP contribution in [0.3, 0.4) is 0 Å². The van der Waals surface area contributed by atoms with Crippen LogP contribution in [-0.2, 0) is 14.3 Å². The number of carbonyl (C=O) groups is 2. The lowest BCUT2D eigenvalue weighted by molar-refractivity contribution is -0.143. The fourth-order valence-electron chi connectivity index (χ4n) is 1.48. The molecule has 0 spiro atoms. The topological polar surface area (TPSA) is 77.5 Å². The van der Waals surface area contributed by atoms with Crippen molar-refractivity contribution in [3.63, 3.8) is 0 Å². The molecule has 1 N–H and O–H groups in total. The lowest BCUT2D eigenvalue weighted by Crippen LogP contribution is -2.43. The van der Waals surface area contributed by atoms with Crippen LogP contribution in [0.2, 0.25) is 0 Å². The number of alkyl carbamates (subject to hydrolysis) is 1. The molecular weight excluding hydrogens is 284 g/mol. The molecule has 1 unspecified atom stereocenters. The van der Waals surface area contributed by atoms with Gasteiger partial charge in [0.1, 0.15) is 11.6 Å². The molecule has 1 heterocycles. The first-order valence-corrected chi connectivity index (χ1v) is 6.78. The van der Waals surface area contributed by atoms with Crippen molar-refractivity contribution in [3.8, 4) is 11.8 Å². The van der Waals surface area contributed by atoms with Gasteiger partial charge in [-0.05, 0) is 32.9 Å². The number of aromatic nitrogens is 1. The first kappa shape index (κ1) is 17.5. The largest absolute Gasteiger partial charge is 0.467 e. The summed E-state index contributed by atoms with van der Waals surface area (Å²) in [5, 5.41) is 2.46. The molecule has 118 valence electrons.